The maximum Gasteiger partial charge on any atom is 0.253 e. The van der Waals surface area contributed by atoms with E-state index in [1.807, 2.05) is 12.1 Å². The van der Waals surface area contributed by atoms with Crippen LogP contribution in [0.5, 0.6) is 0 Å². The molecular weight excluding hydrogens is 314 g/mol. The highest BCUT2D eigenvalue weighted by Crippen LogP contribution is 2.18. The third-order valence-electron chi connectivity index (χ3n) is 3.80. The molecule has 1 amide bonds. The van der Waals surface area contributed by atoms with E-state index in [0.29, 0.717) is 5.56 Å². The largest absolute Gasteiger partial charge is 0.336 e. The number of benzene rings is 1. The van der Waals surface area contributed by atoms with Gasteiger partial charge in [-0.05, 0) is 23.8 Å². The van der Waals surface area contributed by atoms with Gasteiger partial charge in [0.1, 0.15) is 5.25 Å². The molecule has 1 N–H and O–H groups in total. The van der Waals surface area contributed by atoms with E-state index in [4.69, 9.17) is 0 Å². The number of aromatic nitrogens is 1. The Labute approximate surface area is 135 Å². The van der Waals surface area contributed by atoms with Gasteiger partial charge in [-0.25, -0.2) is 13.1 Å². The lowest BCUT2D eigenvalue weighted by atomic mass is 10.1. The van der Waals surface area contributed by atoms with Crippen molar-refractivity contribution in [2.45, 2.75) is 11.8 Å². The molecule has 0 spiro atoms. The smallest absolute Gasteiger partial charge is 0.253 e. The number of nitrogens with zero attached hydrogens (tertiary/aromatic N) is 2. The van der Waals surface area contributed by atoms with Crippen molar-refractivity contribution in [1.29, 1.82) is 0 Å². The molecule has 120 valence electrons. The summed E-state index contributed by atoms with van der Waals surface area (Å²) in [5.41, 5.74) is 1.37. The number of amides is 1. The minimum Gasteiger partial charge on any atom is -0.336 e. The summed E-state index contributed by atoms with van der Waals surface area (Å²) in [5, 5.41) is -0.563. The molecule has 0 saturated carbocycles. The summed E-state index contributed by atoms with van der Waals surface area (Å²) in [7, 11) is -3.44. The van der Waals surface area contributed by atoms with Crippen LogP contribution in [0.25, 0.3) is 0 Å². The number of carbonyl (C=O) groups excluding carboxylic acids is 1. The Bertz CT molecular complexity index is 773. The zero-order chi connectivity index (χ0) is 16.3. The number of sulfonamides is 1. The highest BCUT2D eigenvalue weighted by molar-refractivity contribution is 7.90. The molecule has 2 heterocycles. The van der Waals surface area contributed by atoms with E-state index in [2.05, 4.69) is 9.71 Å². The van der Waals surface area contributed by atoms with Crippen LogP contribution in [0.3, 0.4) is 0 Å². The van der Waals surface area contributed by atoms with Gasteiger partial charge in [0.05, 0.1) is 0 Å². The molecule has 1 aromatic heterocycles. The van der Waals surface area contributed by atoms with Gasteiger partial charge in [0, 0.05) is 37.6 Å². The predicted molar refractivity (Wildman–Crippen MR) is 86.1 cm³/mol. The van der Waals surface area contributed by atoms with Gasteiger partial charge >= 0.3 is 0 Å². The zero-order valence-corrected chi connectivity index (χ0v) is 13.2. The average Bonchev–Trinajstić information content (AvgIpc) is 2.53. The summed E-state index contributed by atoms with van der Waals surface area (Å²) in [6.07, 6.45) is 3.26. The molecule has 2 aromatic rings. The second-order valence-electron chi connectivity index (χ2n) is 5.43. The Hall–Kier alpha value is -2.25. The summed E-state index contributed by atoms with van der Waals surface area (Å²) in [5.74, 6) is -0.135. The average molecular weight is 331 g/mol. The Morgan fingerprint density at radius 2 is 1.91 bits per heavy atom. The zero-order valence-electron chi connectivity index (χ0n) is 12.4. The van der Waals surface area contributed by atoms with Gasteiger partial charge in [0.2, 0.25) is 10.0 Å². The molecule has 6 nitrogen and oxygen atoms in total. The summed E-state index contributed by atoms with van der Waals surface area (Å²) < 4.78 is 27.0. The highest BCUT2D eigenvalue weighted by Gasteiger charge is 2.39. The van der Waals surface area contributed by atoms with E-state index >= 15 is 0 Å². The Balaban J connectivity index is 1.55. The van der Waals surface area contributed by atoms with Crippen molar-refractivity contribution < 1.29 is 13.2 Å². The van der Waals surface area contributed by atoms with Gasteiger partial charge in [-0.3, -0.25) is 9.78 Å². The Kier molecular flexibility index (Phi) is 4.40. The highest BCUT2D eigenvalue weighted by atomic mass is 32.2. The molecule has 1 saturated heterocycles. The van der Waals surface area contributed by atoms with Gasteiger partial charge < -0.3 is 4.90 Å². The van der Waals surface area contributed by atoms with E-state index in [-0.39, 0.29) is 25.5 Å². The van der Waals surface area contributed by atoms with E-state index in [1.165, 1.54) is 0 Å². The Morgan fingerprint density at radius 1 is 1.17 bits per heavy atom. The van der Waals surface area contributed by atoms with Crippen molar-refractivity contribution in [2.24, 2.45) is 0 Å². The minimum absolute atomic E-state index is 0.135. The third kappa shape index (κ3) is 3.57. The lowest BCUT2D eigenvalue weighted by Gasteiger charge is -2.38. The van der Waals surface area contributed by atoms with Crippen LogP contribution in [0.15, 0.2) is 54.9 Å². The third-order valence-corrected chi connectivity index (χ3v) is 5.52. The molecule has 0 unspecified atom stereocenters. The van der Waals surface area contributed by atoms with Crippen LogP contribution in [-0.2, 0) is 16.6 Å². The number of nitrogens with one attached hydrogen (secondary N) is 1. The first-order valence-electron chi connectivity index (χ1n) is 7.28. The van der Waals surface area contributed by atoms with Crippen LogP contribution in [0.1, 0.15) is 15.9 Å². The molecule has 0 aliphatic carbocycles. The fraction of sp³-hybridized carbons (Fsp3) is 0.250. The van der Waals surface area contributed by atoms with E-state index < -0.39 is 15.3 Å². The number of carbonyl (C=O) groups is 1. The minimum atomic E-state index is -3.44. The first kappa shape index (κ1) is 15.6. The molecule has 23 heavy (non-hydrogen) atoms. The number of hydrogen-bond donors (Lipinski definition) is 1. The maximum atomic E-state index is 12.2. The van der Waals surface area contributed by atoms with Crippen LogP contribution < -0.4 is 4.72 Å². The fourth-order valence-corrected chi connectivity index (χ4v) is 3.72. The fourth-order valence-electron chi connectivity index (χ4n) is 2.37. The second kappa shape index (κ2) is 6.47. The van der Waals surface area contributed by atoms with Gasteiger partial charge in [-0.15, -0.1) is 0 Å². The van der Waals surface area contributed by atoms with E-state index in [1.54, 1.807) is 47.6 Å². The lowest BCUT2D eigenvalue weighted by Crippen LogP contribution is -2.59. The van der Waals surface area contributed by atoms with Gasteiger partial charge in [0.15, 0.2) is 0 Å². The van der Waals surface area contributed by atoms with Crippen LogP contribution in [0.2, 0.25) is 0 Å². The molecular formula is C16H17N3O3S. The summed E-state index contributed by atoms with van der Waals surface area (Å²) in [6.45, 7) is 0.644. The standard InChI is InChI=1S/C16H17N3O3S/c20-16(14-6-2-1-3-7-14)19-11-15(12-19)23(21,22)18-10-13-5-4-8-17-9-13/h1-9,15,18H,10-12H2. The lowest BCUT2D eigenvalue weighted by molar-refractivity contribution is 0.0658. The van der Waals surface area contributed by atoms with Crippen LogP contribution in [0.4, 0.5) is 0 Å². The second-order valence-corrected chi connectivity index (χ2v) is 7.47. The molecule has 0 radical (unpaired) electrons. The monoisotopic (exact) mass is 331 g/mol. The summed E-state index contributed by atoms with van der Waals surface area (Å²) in [4.78, 5) is 17.7. The Morgan fingerprint density at radius 3 is 2.57 bits per heavy atom. The molecule has 1 aromatic carbocycles. The molecule has 7 heteroatoms. The van der Waals surface area contributed by atoms with Crippen molar-refractivity contribution in [1.82, 2.24) is 14.6 Å². The van der Waals surface area contributed by atoms with Crippen molar-refractivity contribution in [3.05, 3.63) is 66.0 Å². The van der Waals surface area contributed by atoms with Crippen molar-refractivity contribution in [2.75, 3.05) is 13.1 Å². The first-order chi connectivity index (χ1) is 11.1. The summed E-state index contributed by atoms with van der Waals surface area (Å²) >= 11 is 0. The van der Waals surface area contributed by atoms with Gasteiger partial charge in [-0.2, -0.15) is 0 Å². The maximum absolute atomic E-state index is 12.2. The molecule has 1 aliphatic heterocycles. The quantitative estimate of drug-likeness (QED) is 0.887. The number of rotatable bonds is 5. The van der Waals surface area contributed by atoms with Gasteiger partial charge in [-0.1, -0.05) is 24.3 Å². The molecule has 0 atom stereocenters. The van der Waals surface area contributed by atoms with Crippen molar-refractivity contribution in [3.8, 4) is 0 Å². The molecule has 1 fully saturated rings. The van der Waals surface area contributed by atoms with Crippen molar-refractivity contribution >= 4 is 15.9 Å². The molecule has 1 aliphatic rings. The first-order valence-corrected chi connectivity index (χ1v) is 8.82. The number of pyridine rings is 1. The van der Waals surface area contributed by atoms with Crippen LogP contribution >= 0.6 is 0 Å². The topological polar surface area (TPSA) is 79.4 Å². The summed E-state index contributed by atoms with van der Waals surface area (Å²) in [6, 6.07) is 12.4. The van der Waals surface area contributed by atoms with E-state index in [9.17, 15) is 13.2 Å². The number of likely N-dealkylation sites (tertiary alicyclic amines) is 1. The van der Waals surface area contributed by atoms with Crippen LogP contribution in [0, 0.1) is 0 Å². The molecule has 3 rings (SSSR count). The molecule has 0 bridgehead atoms. The number of hydrogen-bond acceptors (Lipinski definition) is 4. The SMILES string of the molecule is O=C(c1ccccc1)N1CC(S(=O)(=O)NCc2cccnc2)C1. The van der Waals surface area contributed by atoms with E-state index in [0.717, 1.165) is 5.56 Å². The van der Waals surface area contributed by atoms with Crippen LogP contribution in [-0.4, -0.2) is 42.5 Å². The predicted octanol–water partition coefficient (Wildman–Crippen LogP) is 1.03. The van der Waals surface area contributed by atoms with Gasteiger partial charge in [0.25, 0.3) is 5.91 Å². The normalized spacial score (nSPS) is 15.2. The van der Waals surface area contributed by atoms with Crippen molar-refractivity contribution in [3.63, 3.8) is 0 Å².